The van der Waals surface area contributed by atoms with Gasteiger partial charge in [0, 0.05) is 10.6 Å². The molecule has 0 saturated heterocycles. The van der Waals surface area contributed by atoms with Crippen molar-refractivity contribution >= 4 is 23.5 Å². The third-order valence-electron chi connectivity index (χ3n) is 6.26. The van der Waals surface area contributed by atoms with E-state index < -0.39 is 12.1 Å². The van der Waals surface area contributed by atoms with E-state index in [-0.39, 0.29) is 22.8 Å². The maximum atomic E-state index is 12.7. The summed E-state index contributed by atoms with van der Waals surface area (Å²) in [6, 6.07) is 4.15. The van der Waals surface area contributed by atoms with Gasteiger partial charge in [-0.15, -0.1) is 0 Å². The topological polar surface area (TPSA) is 75.6 Å². The van der Waals surface area contributed by atoms with E-state index in [1.54, 1.807) is 6.92 Å². The lowest BCUT2D eigenvalue weighted by Crippen LogP contribution is -2.61. The van der Waals surface area contributed by atoms with Gasteiger partial charge in [-0.05, 0) is 81.4 Å². The monoisotopic (exact) mass is 377 g/mol. The first kappa shape index (κ1) is 17.7. The molecule has 1 atom stereocenters. The fourth-order valence-corrected chi connectivity index (χ4v) is 5.75. The number of ether oxygens (including phenoxy) is 1. The smallest absolute Gasteiger partial charge is 0.342 e. The van der Waals surface area contributed by atoms with Crippen molar-refractivity contribution in [1.82, 2.24) is 5.32 Å². The van der Waals surface area contributed by atoms with Crippen LogP contribution in [0.25, 0.3) is 0 Å². The highest BCUT2D eigenvalue weighted by molar-refractivity contribution is 6.31. The van der Waals surface area contributed by atoms with E-state index in [2.05, 4.69) is 5.32 Å². The lowest BCUT2D eigenvalue weighted by molar-refractivity contribution is -0.134. The Morgan fingerprint density at radius 3 is 2.35 bits per heavy atom. The normalized spacial score (nSPS) is 32.9. The molecular formula is C20H24ClNO4. The summed E-state index contributed by atoms with van der Waals surface area (Å²) in [5.41, 5.74) is -0.156. The summed E-state index contributed by atoms with van der Waals surface area (Å²) in [7, 11) is 0. The van der Waals surface area contributed by atoms with Gasteiger partial charge in [0.25, 0.3) is 5.91 Å². The maximum Gasteiger partial charge on any atom is 0.342 e. The summed E-state index contributed by atoms with van der Waals surface area (Å²) < 4.78 is 5.28. The van der Waals surface area contributed by atoms with Crippen molar-refractivity contribution in [3.63, 3.8) is 0 Å². The van der Waals surface area contributed by atoms with Crippen LogP contribution in [-0.4, -0.2) is 28.6 Å². The van der Waals surface area contributed by atoms with Crippen LogP contribution in [0.4, 0.5) is 0 Å². The number of hydrogen-bond acceptors (Lipinski definition) is 4. The summed E-state index contributed by atoms with van der Waals surface area (Å²) >= 11 is 5.87. The lowest BCUT2D eigenvalue weighted by atomic mass is 9.53. The van der Waals surface area contributed by atoms with Crippen LogP contribution >= 0.6 is 11.6 Å². The minimum atomic E-state index is -0.922. The average molecular weight is 378 g/mol. The number of carbonyl (C=O) groups excluding carboxylic acids is 2. The fraction of sp³-hybridized carbons (Fsp3) is 0.600. The Labute approximate surface area is 158 Å². The fourth-order valence-electron chi connectivity index (χ4n) is 5.58. The number of aromatic hydroxyl groups is 1. The Kier molecular flexibility index (Phi) is 4.38. The minimum Gasteiger partial charge on any atom is -0.507 e. The van der Waals surface area contributed by atoms with E-state index in [0.717, 1.165) is 37.0 Å². The van der Waals surface area contributed by atoms with Gasteiger partial charge in [0.05, 0.1) is 0 Å². The van der Waals surface area contributed by atoms with Crippen LogP contribution < -0.4 is 5.32 Å². The zero-order valence-electron chi connectivity index (χ0n) is 14.8. The Balaban J connectivity index is 1.41. The molecule has 0 unspecified atom stereocenters. The van der Waals surface area contributed by atoms with E-state index in [1.807, 2.05) is 0 Å². The van der Waals surface area contributed by atoms with E-state index >= 15 is 0 Å². The Morgan fingerprint density at radius 1 is 1.19 bits per heavy atom. The predicted octanol–water partition coefficient (Wildman–Crippen LogP) is 3.68. The number of nitrogens with one attached hydrogen (secondary N) is 1. The Bertz CT molecular complexity index is 712. The first-order valence-corrected chi connectivity index (χ1v) is 9.73. The van der Waals surface area contributed by atoms with Crippen molar-refractivity contribution in [3.8, 4) is 5.75 Å². The summed E-state index contributed by atoms with van der Waals surface area (Å²) in [4.78, 5) is 24.9. The molecule has 4 aliphatic carbocycles. The molecule has 0 spiro atoms. The molecule has 2 N–H and O–H groups in total. The molecule has 0 aliphatic heterocycles. The maximum absolute atomic E-state index is 12.7. The molecule has 4 bridgehead atoms. The van der Waals surface area contributed by atoms with Gasteiger partial charge in [-0.2, -0.15) is 0 Å². The van der Waals surface area contributed by atoms with Gasteiger partial charge in [-0.3, -0.25) is 4.79 Å². The zero-order valence-corrected chi connectivity index (χ0v) is 15.6. The number of benzene rings is 1. The second-order valence-corrected chi connectivity index (χ2v) is 8.83. The highest BCUT2D eigenvalue weighted by atomic mass is 35.5. The number of phenols is 1. The van der Waals surface area contributed by atoms with Gasteiger partial charge in [-0.25, -0.2) is 4.79 Å². The van der Waals surface area contributed by atoms with Crippen LogP contribution in [0, 0.1) is 17.8 Å². The molecular weight excluding hydrogens is 354 g/mol. The molecule has 1 aromatic rings. The quantitative estimate of drug-likeness (QED) is 0.785. The standard InChI is InChI=1S/C20H24ClNO4/c1-11(26-19(25)16-7-15(21)2-3-17(16)23)18(24)22-20-8-12-4-13(9-20)6-14(5-12)10-20/h2-3,7,11-14,23H,4-6,8-10H2,1H3,(H,22,24)/t11-,12?,13?,14?,20?/m0/s1. The van der Waals surface area contributed by atoms with E-state index in [1.165, 1.54) is 37.5 Å². The summed E-state index contributed by atoms with van der Waals surface area (Å²) in [5.74, 6) is 0.946. The van der Waals surface area contributed by atoms with Gasteiger partial charge >= 0.3 is 5.97 Å². The molecule has 0 aromatic heterocycles. The Hall–Kier alpha value is -1.75. The third-order valence-corrected chi connectivity index (χ3v) is 6.49. The number of halogens is 1. The van der Waals surface area contributed by atoms with Crippen LogP contribution in [-0.2, 0) is 9.53 Å². The molecule has 0 heterocycles. The zero-order chi connectivity index (χ0) is 18.5. The van der Waals surface area contributed by atoms with Crippen LogP contribution in [0.2, 0.25) is 5.02 Å². The van der Waals surface area contributed by atoms with Crippen molar-refractivity contribution in [1.29, 1.82) is 0 Å². The van der Waals surface area contributed by atoms with Gasteiger partial charge in [0.1, 0.15) is 11.3 Å². The highest BCUT2D eigenvalue weighted by Gasteiger charge is 2.51. The average Bonchev–Trinajstić information content (AvgIpc) is 2.55. The molecule has 5 rings (SSSR count). The molecule has 0 radical (unpaired) electrons. The van der Waals surface area contributed by atoms with Gasteiger partial charge in [-0.1, -0.05) is 11.6 Å². The number of carbonyl (C=O) groups is 2. The molecule has 26 heavy (non-hydrogen) atoms. The van der Waals surface area contributed by atoms with E-state index in [9.17, 15) is 14.7 Å². The molecule has 5 nitrogen and oxygen atoms in total. The second kappa shape index (κ2) is 6.45. The van der Waals surface area contributed by atoms with Crippen molar-refractivity contribution in [3.05, 3.63) is 28.8 Å². The first-order valence-electron chi connectivity index (χ1n) is 9.35. The lowest BCUT2D eigenvalue weighted by Gasteiger charge is -2.57. The van der Waals surface area contributed by atoms with Gasteiger partial charge in [0.2, 0.25) is 0 Å². The molecule has 140 valence electrons. The van der Waals surface area contributed by atoms with Crippen LogP contribution in [0.5, 0.6) is 5.75 Å². The third kappa shape index (κ3) is 3.29. The number of amides is 1. The van der Waals surface area contributed by atoms with Crippen LogP contribution in [0.3, 0.4) is 0 Å². The van der Waals surface area contributed by atoms with Crippen LogP contribution in [0.15, 0.2) is 18.2 Å². The molecule has 4 aliphatic rings. The summed E-state index contributed by atoms with van der Waals surface area (Å²) in [6.45, 7) is 1.56. The van der Waals surface area contributed by atoms with E-state index in [4.69, 9.17) is 16.3 Å². The van der Waals surface area contributed by atoms with Gasteiger partial charge < -0.3 is 15.2 Å². The molecule has 4 saturated carbocycles. The van der Waals surface area contributed by atoms with Crippen molar-refractivity contribution in [2.24, 2.45) is 17.8 Å². The number of phenolic OH excluding ortho intramolecular Hbond substituents is 1. The van der Waals surface area contributed by atoms with Crippen molar-refractivity contribution < 1.29 is 19.4 Å². The van der Waals surface area contributed by atoms with E-state index in [0.29, 0.717) is 5.02 Å². The highest BCUT2D eigenvalue weighted by Crippen LogP contribution is 2.55. The predicted molar refractivity (Wildman–Crippen MR) is 97.0 cm³/mol. The number of hydrogen-bond donors (Lipinski definition) is 2. The largest absolute Gasteiger partial charge is 0.507 e. The van der Waals surface area contributed by atoms with Crippen molar-refractivity contribution in [2.45, 2.75) is 57.1 Å². The first-order chi connectivity index (χ1) is 12.3. The SMILES string of the molecule is C[C@H](OC(=O)c1cc(Cl)ccc1O)C(=O)NC12CC3CC(CC(C3)C1)C2. The van der Waals surface area contributed by atoms with Crippen molar-refractivity contribution in [2.75, 3.05) is 0 Å². The Morgan fingerprint density at radius 2 is 1.77 bits per heavy atom. The van der Waals surface area contributed by atoms with Crippen LogP contribution in [0.1, 0.15) is 55.8 Å². The molecule has 1 amide bonds. The summed E-state index contributed by atoms with van der Waals surface area (Å²) in [6.07, 6.45) is 6.10. The minimum absolute atomic E-state index is 0.0352. The molecule has 1 aromatic carbocycles. The van der Waals surface area contributed by atoms with Gasteiger partial charge in [0.15, 0.2) is 6.10 Å². The number of rotatable bonds is 4. The molecule has 4 fully saturated rings. The summed E-state index contributed by atoms with van der Waals surface area (Å²) in [5, 5.41) is 13.3. The second-order valence-electron chi connectivity index (χ2n) is 8.40. The number of esters is 1. The molecule has 6 heteroatoms.